The first-order chi connectivity index (χ1) is 7.65. The zero-order chi connectivity index (χ0) is 11.5. The van der Waals surface area contributed by atoms with Crippen molar-refractivity contribution in [2.45, 2.75) is 6.04 Å². The number of halogens is 1. The number of anilines is 1. The zero-order valence-electron chi connectivity index (χ0n) is 8.82. The SMILES string of the molecule is NC1CN(CC(=O)Nc2ccccc2Cl)C1. The average Bonchev–Trinajstić information content (AvgIpc) is 2.19. The van der Waals surface area contributed by atoms with Crippen LogP contribution in [0.2, 0.25) is 5.02 Å². The molecule has 1 amide bonds. The van der Waals surface area contributed by atoms with E-state index in [2.05, 4.69) is 5.32 Å². The van der Waals surface area contributed by atoms with Crippen molar-refractivity contribution in [2.75, 3.05) is 25.0 Å². The molecule has 0 aromatic heterocycles. The molecule has 1 heterocycles. The van der Waals surface area contributed by atoms with Gasteiger partial charge < -0.3 is 11.1 Å². The predicted octanol–water partition coefficient (Wildman–Crippen LogP) is 0.921. The molecule has 0 radical (unpaired) electrons. The van der Waals surface area contributed by atoms with Crippen molar-refractivity contribution in [3.8, 4) is 0 Å². The molecule has 1 aromatic rings. The summed E-state index contributed by atoms with van der Waals surface area (Å²) in [5.74, 6) is -0.0556. The Morgan fingerprint density at radius 2 is 2.19 bits per heavy atom. The molecule has 1 aromatic carbocycles. The molecule has 0 saturated carbocycles. The van der Waals surface area contributed by atoms with Gasteiger partial charge in [-0.15, -0.1) is 0 Å². The van der Waals surface area contributed by atoms with Gasteiger partial charge >= 0.3 is 0 Å². The van der Waals surface area contributed by atoms with Gasteiger partial charge in [0.25, 0.3) is 0 Å². The smallest absolute Gasteiger partial charge is 0.238 e. The van der Waals surface area contributed by atoms with Crippen LogP contribution in [0.5, 0.6) is 0 Å². The predicted molar refractivity (Wildman–Crippen MR) is 64.5 cm³/mol. The highest BCUT2D eigenvalue weighted by Gasteiger charge is 2.24. The van der Waals surface area contributed by atoms with Crippen molar-refractivity contribution >= 4 is 23.2 Å². The van der Waals surface area contributed by atoms with Crippen molar-refractivity contribution < 1.29 is 4.79 Å². The van der Waals surface area contributed by atoms with Crippen LogP contribution in [0.15, 0.2) is 24.3 Å². The fourth-order valence-electron chi connectivity index (χ4n) is 1.69. The van der Waals surface area contributed by atoms with Crippen molar-refractivity contribution in [2.24, 2.45) is 5.73 Å². The molecular formula is C11H14ClN3O. The second kappa shape index (κ2) is 4.82. The average molecular weight is 240 g/mol. The lowest BCUT2D eigenvalue weighted by Crippen LogP contribution is -2.57. The van der Waals surface area contributed by atoms with Gasteiger partial charge in [-0.2, -0.15) is 0 Å². The summed E-state index contributed by atoms with van der Waals surface area (Å²) >= 11 is 5.93. The summed E-state index contributed by atoms with van der Waals surface area (Å²) in [6.45, 7) is 1.95. The van der Waals surface area contributed by atoms with E-state index in [0.717, 1.165) is 13.1 Å². The summed E-state index contributed by atoms with van der Waals surface area (Å²) < 4.78 is 0. The number of nitrogens with two attached hydrogens (primary N) is 1. The Bertz CT molecular complexity index is 391. The van der Waals surface area contributed by atoms with Gasteiger partial charge in [0.05, 0.1) is 17.3 Å². The molecule has 0 bridgehead atoms. The number of rotatable bonds is 3. The van der Waals surface area contributed by atoms with Gasteiger partial charge in [-0.05, 0) is 12.1 Å². The first kappa shape index (κ1) is 11.4. The van der Waals surface area contributed by atoms with E-state index in [0.29, 0.717) is 17.3 Å². The zero-order valence-corrected chi connectivity index (χ0v) is 9.57. The number of amides is 1. The Balaban J connectivity index is 1.85. The van der Waals surface area contributed by atoms with E-state index in [-0.39, 0.29) is 11.9 Å². The normalized spacial score (nSPS) is 16.9. The lowest BCUT2D eigenvalue weighted by molar-refractivity contribution is -0.118. The van der Waals surface area contributed by atoms with Crippen molar-refractivity contribution in [3.05, 3.63) is 29.3 Å². The second-order valence-electron chi connectivity index (χ2n) is 3.98. The van der Waals surface area contributed by atoms with Crippen molar-refractivity contribution in [1.29, 1.82) is 0 Å². The van der Waals surface area contributed by atoms with Crippen LogP contribution in [0.4, 0.5) is 5.69 Å². The summed E-state index contributed by atoms with van der Waals surface area (Å²) in [6, 6.07) is 7.40. The number of carbonyl (C=O) groups is 1. The van der Waals surface area contributed by atoms with E-state index < -0.39 is 0 Å². The van der Waals surface area contributed by atoms with Crippen LogP contribution in [-0.4, -0.2) is 36.5 Å². The summed E-state index contributed by atoms with van der Waals surface area (Å²) in [7, 11) is 0. The lowest BCUT2D eigenvalue weighted by Gasteiger charge is -2.36. The Labute approximate surface area is 99.4 Å². The Kier molecular flexibility index (Phi) is 3.43. The Hall–Kier alpha value is -1.10. The fourth-order valence-corrected chi connectivity index (χ4v) is 1.88. The van der Waals surface area contributed by atoms with E-state index in [1.807, 2.05) is 17.0 Å². The van der Waals surface area contributed by atoms with Crippen LogP contribution < -0.4 is 11.1 Å². The molecule has 1 saturated heterocycles. The maximum Gasteiger partial charge on any atom is 0.238 e. The van der Waals surface area contributed by atoms with Crippen molar-refractivity contribution in [3.63, 3.8) is 0 Å². The molecule has 0 spiro atoms. The highest BCUT2D eigenvalue weighted by atomic mass is 35.5. The number of nitrogens with zero attached hydrogens (tertiary/aromatic N) is 1. The quantitative estimate of drug-likeness (QED) is 0.825. The minimum atomic E-state index is -0.0556. The van der Waals surface area contributed by atoms with Crippen LogP contribution >= 0.6 is 11.6 Å². The highest BCUT2D eigenvalue weighted by molar-refractivity contribution is 6.33. The molecule has 86 valence electrons. The molecule has 0 aliphatic carbocycles. The first-order valence-corrected chi connectivity index (χ1v) is 5.55. The number of hydrogen-bond acceptors (Lipinski definition) is 3. The lowest BCUT2D eigenvalue weighted by atomic mass is 10.1. The maximum absolute atomic E-state index is 11.6. The monoisotopic (exact) mass is 239 g/mol. The van der Waals surface area contributed by atoms with Crippen LogP contribution in [0.1, 0.15) is 0 Å². The topological polar surface area (TPSA) is 58.4 Å². The fraction of sp³-hybridized carbons (Fsp3) is 0.364. The van der Waals surface area contributed by atoms with Crippen LogP contribution in [0.3, 0.4) is 0 Å². The summed E-state index contributed by atoms with van der Waals surface area (Å²) in [5, 5.41) is 3.32. The van der Waals surface area contributed by atoms with Crippen molar-refractivity contribution in [1.82, 2.24) is 4.90 Å². The van der Waals surface area contributed by atoms with Gasteiger partial charge in [0.1, 0.15) is 0 Å². The number of nitrogens with one attached hydrogen (secondary N) is 1. The van der Waals surface area contributed by atoms with Crippen LogP contribution in [0, 0.1) is 0 Å². The van der Waals surface area contributed by atoms with Gasteiger partial charge in [0.15, 0.2) is 0 Å². The van der Waals surface area contributed by atoms with Gasteiger partial charge in [0.2, 0.25) is 5.91 Å². The molecule has 1 aliphatic heterocycles. The summed E-state index contributed by atoms with van der Waals surface area (Å²) in [4.78, 5) is 13.6. The van der Waals surface area contributed by atoms with Gasteiger partial charge in [-0.25, -0.2) is 0 Å². The molecule has 1 fully saturated rings. The second-order valence-corrected chi connectivity index (χ2v) is 4.39. The molecule has 3 N–H and O–H groups in total. The van der Waals surface area contributed by atoms with E-state index in [1.54, 1.807) is 12.1 Å². The third kappa shape index (κ3) is 2.72. The Morgan fingerprint density at radius 1 is 1.50 bits per heavy atom. The van der Waals surface area contributed by atoms with Gasteiger partial charge in [-0.3, -0.25) is 9.69 Å². The molecule has 16 heavy (non-hydrogen) atoms. The Morgan fingerprint density at radius 3 is 2.81 bits per heavy atom. The molecular weight excluding hydrogens is 226 g/mol. The number of hydrogen-bond donors (Lipinski definition) is 2. The third-order valence-corrected chi connectivity index (χ3v) is 2.83. The highest BCUT2D eigenvalue weighted by Crippen LogP contribution is 2.20. The minimum absolute atomic E-state index is 0.0556. The molecule has 4 nitrogen and oxygen atoms in total. The van der Waals surface area contributed by atoms with Crippen LogP contribution in [-0.2, 0) is 4.79 Å². The first-order valence-electron chi connectivity index (χ1n) is 5.17. The van der Waals surface area contributed by atoms with E-state index in [4.69, 9.17) is 17.3 Å². The summed E-state index contributed by atoms with van der Waals surface area (Å²) in [6.07, 6.45) is 0. The van der Waals surface area contributed by atoms with Gasteiger partial charge in [0, 0.05) is 19.1 Å². The van der Waals surface area contributed by atoms with E-state index in [9.17, 15) is 4.79 Å². The summed E-state index contributed by atoms with van der Waals surface area (Å²) in [5.41, 5.74) is 6.28. The molecule has 5 heteroatoms. The number of para-hydroxylation sites is 1. The maximum atomic E-state index is 11.6. The standard InChI is InChI=1S/C11H14ClN3O/c12-9-3-1-2-4-10(9)14-11(16)7-15-5-8(13)6-15/h1-4,8H,5-7,13H2,(H,14,16). The van der Waals surface area contributed by atoms with E-state index >= 15 is 0 Å². The molecule has 1 aliphatic rings. The molecule has 0 atom stereocenters. The largest absolute Gasteiger partial charge is 0.325 e. The third-order valence-electron chi connectivity index (χ3n) is 2.50. The van der Waals surface area contributed by atoms with Gasteiger partial charge in [-0.1, -0.05) is 23.7 Å². The minimum Gasteiger partial charge on any atom is -0.325 e. The molecule has 2 rings (SSSR count). The number of likely N-dealkylation sites (tertiary alicyclic amines) is 1. The number of benzene rings is 1. The molecule has 0 unspecified atom stereocenters. The van der Waals surface area contributed by atoms with Crippen LogP contribution in [0.25, 0.3) is 0 Å². The van der Waals surface area contributed by atoms with E-state index in [1.165, 1.54) is 0 Å². The number of carbonyl (C=O) groups excluding carboxylic acids is 1.